The normalized spacial score (nSPS) is 11.4. The first-order chi connectivity index (χ1) is 14.6. The van der Waals surface area contributed by atoms with Crippen LogP contribution in [-0.2, 0) is 18.4 Å². The summed E-state index contributed by atoms with van der Waals surface area (Å²) in [5.74, 6) is 2.68. The molecule has 3 aromatic carbocycles. The fraction of sp³-hybridized carbons (Fsp3) is 0.231. The molecule has 0 saturated carbocycles. The first kappa shape index (κ1) is 19.9. The summed E-state index contributed by atoms with van der Waals surface area (Å²) in [5.41, 5.74) is 3.29. The first-order valence-electron chi connectivity index (χ1n) is 10.3. The molecular formula is C26H27N3O. The van der Waals surface area contributed by atoms with Gasteiger partial charge in [-0.15, -0.1) is 10.2 Å². The monoisotopic (exact) mass is 397 g/mol. The number of aryl methyl sites for hydroxylation is 1. The molecule has 0 atom stereocenters. The Morgan fingerprint density at radius 3 is 2.07 bits per heavy atom. The van der Waals surface area contributed by atoms with E-state index in [-0.39, 0.29) is 5.41 Å². The molecule has 0 bridgehead atoms. The second-order valence-corrected chi connectivity index (χ2v) is 7.95. The quantitative estimate of drug-likeness (QED) is 0.412. The summed E-state index contributed by atoms with van der Waals surface area (Å²) in [6.45, 7) is 5.23. The molecule has 4 nitrogen and oxygen atoms in total. The SMILES string of the molecule is COc1ccc(-c2nnc(C(C)(C)c3ccccc3)n2CCc2ccccc2)cc1. The fourth-order valence-electron chi connectivity index (χ4n) is 3.80. The molecule has 0 saturated heterocycles. The number of nitrogens with zero attached hydrogens (tertiary/aromatic N) is 3. The van der Waals surface area contributed by atoms with Gasteiger partial charge in [-0.25, -0.2) is 0 Å². The highest BCUT2D eigenvalue weighted by Crippen LogP contribution is 2.33. The molecule has 0 radical (unpaired) electrons. The number of ether oxygens (including phenoxy) is 1. The smallest absolute Gasteiger partial charge is 0.163 e. The van der Waals surface area contributed by atoms with E-state index in [2.05, 4.69) is 83.2 Å². The van der Waals surface area contributed by atoms with Crippen LogP contribution in [0, 0.1) is 0 Å². The van der Waals surface area contributed by atoms with Gasteiger partial charge in [0, 0.05) is 17.5 Å². The van der Waals surface area contributed by atoms with E-state index in [1.807, 2.05) is 30.3 Å². The molecule has 152 valence electrons. The highest BCUT2D eigenvalue weighted by Gasteiger charge is 2.30. The second kappa shape index (κ2) is 8.54. The summed E-state index contributed by atoms with van der Waals surface area (Å²) >= 11 is 0. The van der Waals surface area contributed by atoms with Crippen molar-refractivity contribution in [2.75, 3.05) is 7.11 Å². The summed E-state index contributed by atoms with van der Waals surface area (Å²) in [6.07, 6.45) is 0.917. The molecule has 4 aromatic rings. The summed E-state index contributed by atoms with van der Waals surface area (Å²) in [5, 5.41) is 9.30. The van der Waals surface area contributed by atoms with E-state index >= 15 is 0 Å². The number of rotatable bonds is 7. The van der Waals surface area contributed by atoms with Crippen LogP contribution in [0.4, 0.5) is 0 Å². The Labute approximate surface area is 178 Å². The second-order valence-electron chi connectivity index (χ2n) is 7.95. The van der Waals surface area contributed by atoms with Crippen molar-refractivity contribution < 1.29 is 4.74 Å². The molecule has 0 fully saturated rings. The zero-order valence-corrected chi connectivity index (χ0v) is 17.7. The van der Waals surface area contributed by atoms with Crippen LogP contribution in [0.2, 0.25) is 0 Å². The van der Waals surface area contributed by atoms with Gasteiger partial charge >= 0.3 is 0 Å². The highest BCUT2D eigenvalue weighted by molar-refractivity contribution is 5.57. The van der Waals surface area contributed by atoms with Crippen molar-refractivity contribution in [1.82, 2.24) is 14.8 Å². The minimum Gasteiger partial charge on any atom is -0.497 e. The molecule has 4 heteroatoms. The van der Waals surface area contributed by atoms with Crippen LogP contribution in [0.15, 0.2) is 84.9 Å². The van der Waals surface area contributed by atoms with Gasteiger partial charge in [0.1, 0.15) is 11.6 Å². The van der Waals surface area contributed by atoms with Crippen molar-refractivity contribution in [1.29, 1.82) is 0 Å². The molecule has 0 spiro atoms. The van der Waals surface area contributed by atoms with E-state index in [4.69, 9.17) is 4.74 Å². The zero-order valence-electron chi connectivity index (χ0n) is 17.7. The minimum absolute atomic E-state index is 0.268. The average Bonchev–Trinajstić information content (AvgIpc) is 3.24. The molecule has 0 aliphatic rings. The molecule has 0 amide bonds. The summed E-state index contributed by atoms with van der Waals surface area (Å²) in [4.78, 5) is 0. The lowest BCUT2D eigenvalue weighted by molar-refractivity contribution is 0.415. The molecule has 30 heavy (non-hydrogen) atoms. The Hall–Kier alpha value is -3.40. The third kappa shape index (κ3) is 3.99. The van der Waals surface area contributed by atoms with Crippen molar-refractivity contribution in [3.05, 3.63) is 102 Å². The Kier molecular flexibility index (Phi) is 5.66. The zero-order chi connectivity index (χ0) is 21.0. The van der Waals surface area contributed by atoms with Gasteiger partial charge in [0.05, 0.1) is 7.11 Å². The highest BCUT2D eigenvalue weighted by atomic mass is 16.5. The van der Waals surface area contributed by atoms with Crippen LogP contribution in [0.1, 0.15) is 30.8 Å². The Morgan fingerprint density at radius 2 is 1.43 bits per heavy atom. The molecule has 1 aromatic heterocycles. The van der Waals surface area contributed by atoms with Crippen LogP contribution >= 0.6 is 0 Å². The van der Waals surface area contributed by atoms with E-state index in [0.29, 0.717) is 0 Å². The molecule has 0 aliphatic carbocycles. The van der Waals surface area contributed by atoms with E-state index in [1.165, 1.54) is 11.1 Å². The maximum Gasteiger partial charge on any atom is 0.163 e. The summed E-state index contributed by atoms with van der Waals surface area (Å²) in [7, 11) is 1.68. The topological polar surface area (TPSA) is 39.9 Å². The number of benzene rings is 3. The Morgan fingerprint density at radius 1 is 0.800 bits per heavy atom. The van der Waals surface area contributed by atoms with Gasteiger partial charge in [0.25, 0.3) is 0 Å². The van der Waals surface area contributed by atoms with Gasteiger partial charge in [0.2, 0.25) is 0 Å². The first-order valence-corrected chi connectivity index (χ1v) is 10.3. The van der Waals surface area contributed by atoms with Crippen LogP contribution in [0.5, 0.6) is 5.75 Å². The van der Waals surface area contributed by atoms with E-state index in [9.17, 15) is 0 Å². The molecule has 0 unspecified atom stereocenters. The number of hydrogen-bond acceptors (Lipinski definition) is 3. The maximum atomic E-state index is 5.32. The van der Waals surface area contributed by atoms with Crippen molar-refractivity contribution in [2.45, 2.75) is 32.2 Å². The Bertz CT molecular complexity index is 1080. The third-order valence-corrected chi connectivity index (χ3v) is 5.62. The summed E-state index contributed by atoms with van der Waals surface area (Å²) in [6, 6.07) is 29.1. The van der Waals surface area contributed by atoms with Crippen molar-refractivity contribution in [3.63, 3.8) is 0 Å². The van der Waals surface area contributed by atoms with Crippen LogP contribution < -0.4 is 4.74 Å². The lowest BCUT2D eigenvalue weighted by Gasteiger charge is -2.25. The van der Waals surface area contributed by atoms with Gasteiger partial charge in [-0.1, -0.05) is 60.7 Å². The van der Waals surface area contributed by atoms with Gasteiger partial charge in [-0.2, -0.15) is 0 Å². The lowest BCUT2D eigenvalue weighted by atomic mass is 9.83. The van der Waals surface area contributed by atoms with Crippen LogP contribution in [0.25, 0.3) is 11.4 Å². The van der Waals surface area contributed by atoms with E-state index in [0.717, 1.165) is 35.9 Å². The lowest BCUT2D eigenvalue weighted by Crippen LogP contribution is -2.25. The van der Waals surface area contributed by atoms with Gasteiger partial charge in [-0.05, 0) is 55.7 Å². The van der Waals surface area contributed by atoms with Crippen molar-refractivity contribution >= 4 is 0 Å². The van der Waals surface area contributed by atoms with Crippen LogP contribution in [0.3, 0.4) is 0 Å². The molecular weight excluding hydrogens is 370 g/mol. The number of methoxy groups -OCH3 is 1. The fourth-order valence-corrected chi connectivity index (χ4v) is 3.80. The predicted molar refractivity (Wildman–Crippen MR) is 121 cm³/mol. The number of aromatic nitrogens is 3. The standard InChI is InChI=1S/C26H27N3O/c1-26(2,22-12-8-5-9-13-22)25-28-27-24(21-14-16-23(30-3)17-15-21)29(25)19-18-20-10-6-4-7-11-20/h4-17H,18-19H2,1-3H3. The molecule has 0 aliphatic heterocycles. The molecule has 4 rings (SSSR count). The summed E-state index contributed by atoms with van der Waals surface area (Å²) < 4.78 is 7.58. The maximum absolute atomic E-state index is 5.32. The Balaban J connectivity index is 1.76. The average molecular weight is 398 g/mol. The molecule has 0 N–H and O–H groups in total. The van der Waals surface area contributed by atoms with E-state index in [1.54, 1.807) is 7.11 Å². The largest absolute Gasteiger partial charge is 0.497 e. The van der Waals surface area contributed by atoms with Gasteiger partial charge < -0.3 is 9.30 Å². The predicted octanol–water partition coefficient (Wildman–Crippen LogP) is 5.52. The number of hydrogen-bond donors (Lipinski definition) is 0. The third-order valence-electron chi connectivity index (χ3n) is 5.62. The van der Waals surface area contributed by atoms with Gasteiger partial charge in [0.15, 0.2) is 5.82 Å². The minimum atomic E-state index is -0.268. The van der Waals surface area contributed by atoms with Crippen molar-refractivity contribution in [3.8, 4) is 17.1 Å². The van der Waals surface area contributed by atoms with Crippen LogP contribution in [-0.4, -0.2) is 21.9 Å². The van der Waals surface area contributed by atoms with E-state index < -0.39 is 0 Å². The molecule has 1 heterocycles. The van der Waals surface area contributed by atoms with Crippen molar-refractivity contribution in [2.24, 2.45) is 0 Å². The van der Waals surface area contributed by atoms with Gasteiger partial charge in [-0.3, -0.25) is 0 Å².